The van der Waals surface area contributed by atoms with E-state index >= 15 is 0 Å². The van der Waals surface area contributed by atoms with Gasteiger partial charge in [0.1, 0.15) is 5.82 Å². The van der Waals surface area contributed by atoms with Crippen LogP contribution in [-0.2, 0) is 11.3 Å². The van der Waals surface area contributed by atoms with Crippen molar-refractivity contribution in [3.05, 3.63) is 68.5 Å². The number of aromatic nitrogens is 1. The lowest BCUT2D eigenvalue weighted by Crippen LogP contribution is -2.18. The highest BCUT2D eigenvalue weighted by Crippen LogP contribution is 2.31. The van der Waals surface area contributed by atoms with Crippen LogP contribution in [0, 0.1) is 5.82 Å². The van der Waals surface area contributed by atoms with Crippen LogP contribution >= 0.6 is 34.5 Å². The van der Waals surface area contributed by atoms with Gasteiger partial charge < -0.3 is 9.30 Å². The highest BCUT2D eigenvalue weighted by Gasteiger charge is 2.12. The highest BCUT2D eigenvalue weighted by molar-refractivity contribution is 7.07. The number of rotatable bonds is 5. The van der Waals surface area contributed by atoms with Crippen LogP contribution in [0.2, 0.25) is 10.0 Å². The second-order valence-corrected chi connectivity index (χ2v) is 6.94. The molecule has 1 aromatic heterocycles. The Morgan fingerprint density at radius 2 is 1.92 bits per heavy atom. The van der Waals surface area contributed by atoms with E-state index in [1.54, 1.807) is 31.4 Å². The van der Waals surface area contributed by atoms with E-state index in [9.17, 15) is 4.39 Å². The van der Waals surface area contributed by atoms with E-state index in [2.05, 4.69) is 4.99 Å². The van der Waals surface area contributed by atoms with E-state index in [1.807, 2.05) is 16.0 Å². The first-order valence-corrected chi connectivity index (χ1v) is 9.15. The highest BCUT2D eigenvalue weighted by atomic mass is 35.5. The van der Waals surface area contributed by atoms with Crippen molar-refractivity contribution >= 4 is 40.2 Å². The standard InChI is InChI=1S/C18H15Cl2FN2OS/c1-24-9-8-23-17(15-10-12(19)2-7-16(15)20)11-25-18(23)22-14-5-3-13(21)4-6-14/h2-7,10-11H,8-9H2,1H3. The predicted molar refractivity (Wildman–Crippen MR) is 101 cm³/mol. The Hall–Kier alpha value is -1.66. The zero-order valence-electron chi connectivity index (χ0n) is 13.4. The summed E-state index contributed by atoms with van der Waals surface area (Å²) in [6, 6.07) is 11.4. The molecule has 3 rings (SSSR count). The Morgan fingerprint density at radius 3 is 2.64 bits per heavy atom. The van der Waals surface area contributed by atoms with Gasteiger partial charge in [0.25, 0.3) is 0 Å². The van der Waals surface area contributed by atoms with E-state index < -0.39 is 0 Å². The molecule has 0 spiro atoms. The fourth-order valence-corrected chi connectivity index (χ4v) is 3.69. The fourth-order valence-electron chi connectivity index (χ4n) is 2.35. The maximum atomic E-state index is 13.1. The number of hydrogen-bond donors (Lipinski definition) is 0. The van der Waals surface area contributed by atoms with Crippen LogP contribution < -0.4 is 4.80 Å². The third kappa shape index (κ3) is 4.30. The van der Waals surface area contributed by atoms with Gasteiger partial charge in [0.05, 0.1) is 23.0 Å². The van der Waals surface area contributed by atoms with Gasteiger partial charge in [0.15, 0.2) is 4.80 Å². The molecule has 130 valence electrons. The molecule has 0 unspecified atom stereocenters. The van der Waals surface area contributed by atoms with E-state index in [0.29, 0.717) is 28.9 Å². The largest absolute Gasteiger partial charge is 0.383 e. The van der Waals surface area contributed by atoms with Crippen molar-refractivity contribution in [3.8, 4) is 11.3 Å². The van der Waals surface area contributed by atoms with Gasteiger partial charge in [-0.25, -0.2) is 9.38 Å². The van der Waals surface area contributed by atoms with Gasteiger partial charge in [0, 0.05) is 29.6 Å². The molecule has 3 nitrogen and oxygen atoms in total. The Balaban J connectivity index is 2.12. The van der Waals surface area contributed by atoms with Crippen LogP contribution in [0.4, 0.5) is 10.1 Å². The van der Waals surface area contributed by atoms with E-state index in [0.717, 1.165) is 16.1 Å². The first-order chi connectivity index (χ1) is 12.1. The summed E-state index contributed by atoms with van der Waals surface area (Å²) in [6.45, 7) is 1.14. The van der Waals surface area contributed by atoms with Crippen molar-refractivity contribution in [3.63, 3.8) is 0 Å². The molecule has 0 fully saturated rings. The van der Waals surface area contributed by atoms with Crippen molar-refractivity contribution in [2.24, 2.45) is 4.99 Å². The van der Waals surface area contributed by atoms with Crippen molar-refractivity contribution in [1.29, 1.82) is 0 Å². The SMILES string of the molecule is COCCn1c(-c2cc(Cl)ccc2Cl)csc1=Nc1ccc(F)cc1. The van der Waals surface area contributed by atoms with Crippen LogP contribution in [0.25, 0.3) is 11.3 Å². The molecule has 2 aromatic carbocycles. The fraction of sp³-hybridized carbons (Fsp3) is 0.167. The van der Waals surface area contributed by atoms with Crippen molar-refractivity contribution in [2.75, 3.05) is 13.7 Å². The topological polar surface area (TPSA) is 26.5 Å². The molecule has 3 aromatic rings. The average molecular weight is 397 g/mol. The van der Waals surface area contributed by atoms with Crippen LogP contribution in [0.3, 0.4) is 0 Å². The molecule has 0 atom stereocenters. The predicted octanol–water partition coefficient (Wildman–Crippen LogP) is 5.54. The molecule has 0 saturated carbocycles. The summed E-state index contributed by atoms with van der Waals surface area (Å²) in [5.41, 5.74) is 2.43. The molecule has 0 bridgehead atoms. The van der Waals surface area contributed by atoms with Crippen LogP contribution in [-0.4, -0.2) is 18.3 Å². The Kier molecular flexibility index (Phi) is 5.91. The average Bonchev–Trinajstić information content (AvgIpc) is 2.99. The molecule has 0 saturated heterocycles. The number of methoxy groups -OCH3 is 1. The Morgan fingerprint density at radius 1 is 1.16 bits per heavy atom. The summed E-state index contributed by atoms with van der Waals surface area (Å²) >= 11 is 14.0. The van der Waals surface area contributed by atoms with E-state index in [4.69, 9.17) is 27.9 Å². The zero-order valence-corrected chi connectivity index (χ0v) is 15.7. The van der Waals surface area contributed by atoms with Crippen LogP contribution in [0.5, 0.6) is 0 Å². The van der Waals surface area contributed by atoms with Gasteiger partial charge in [0.2, 0.25) is 0 Å². The molecule has 0 radical (unpaired) electrons. The monoisotopic (exact) mass is 396 g/mol. The molecule has 25 heavy (non-hydrogen) atoms. The molecule has 0 amide bonds. The first-order valence-electron chi connectivity index (χ1n) is 7.51. The lowest BCUT2D eigenvalue weighted by molar-refractivity contribution is 0.187. The number of ether oxygens (including phenoxy) is 1. The number of benzene rings is 2. The van der Waals surface area contributed by atoms with Crippen LogP contribution in [0.1, 0.15) is 0 Å². The Bertz CT molecular complexity index is 935. The first kappa shape index (κ1) is 18.1. The van der Waals surface area contributed by atoms with Crippen molar-refractivity contribution in [2.45, 2.75) is 6.54 Å². The van der Waals surface area contributed by atoms with Gasteiger partial charge in [-0.2, -0.15) is 0 Å². The van der Waals surface area contributed by atoms with E-state index in [1.165, 1.54) is 23.5 Å². The summed E-state index contributed by atoms with van der Waals surface area (Å²) in [4.78, 5) is 5.39. The summed E-state index contributed by atoms with van der Waals surface area (Å²) in [5, 5.41) is 3.21. The van der Waals surface area contributed by atoms with Crippen molar-refractivity contribution < 1.29 is 9.13 Å². The molecule has 0 aliphatic rings. The van der Waals surface area contributed by atoms with Gasteiger partial charge in [-0.05, 0) is 42.5 Å². The van der Waals surface area contributed by atoms with Gasteiger partial charge in [-0.3, -0.25) is 0 Å². The second kappa shape index (κ2) is 8.15. The van der Waals surface area contributed by atoms with Crippen molar-refractivity contribution in [1.82, 2.24) is 4.57 Å². The van der Waals surface area contributed by atoms with Gasteiger partial charge in [-0.1, -0.05) is 23.2 Å². The minimum absolute atomic E-state index is 0.288. The molecule has 0 aliphatic carbocycles. The third-order valence-electron chi connectivity index (χ3n) is 3.57. The lowest BCUT2D eigenvalue weighted by atomic mass is 10.1. The molecule has 7 heteroatoms. The quantitative estimate of drug-likeness (QED) is 0.555. The maximum Gasteiger partial charge on any atom is 0.190 e. The lowest BCUT2D eigenvalue weighted by Gasteiger charge is -2.10. The third-order valence-corrected chi connectivity index (χ3v) is 5.00. The smallest absolute Gasteiger partial charge is 0.190 e. The van der Waals surface area contributed by atoms with Gasteiger partial charge in [-0.15, -0.1) is 11.3 Å². The summed E-state index contributed by atoms with van der Waals surface area (Å²) in [5.74, 6) is -0.288. The summed E-state index contributed by atoms with van der Waals surface area (Å²) in [6.07, 6.45) is 0. The maximum absolute atomic E-state index is 13.1. The second-order valence-electron chi connectivity index (χ2n) is 5.26. The number of halogens is 3. The Labute approximate surface area is 158 Å². The normalized spacial score (nSPS) is 11.9. The minimum Gasteiger partial charge on any atom is -0.383 e. The molecule has 0 N–H and O–H groups in total. The van der Waals surface area contributed by atoms with E-state index in [-0.39, 0.29) is 5.82 Å². The number of thiazole rings is 1. The number of nitrogens with zero attached hydrogens (tertiary/aromatic N) is 2. The molecular weight excluding hydrogens is 382 g/mol. The summed E-state index contributed by atoms with van der Waals surface area (Å²) < 4.78 is 20.3. The van der Waals surface area contributed by atoms with Crippen LogP contribution in [0.15, 0.2) is 52.8 Å². The van der Waals surface area contributed by atoms with Gasteiger partial charge >= 0.3 is 0 Å². The molecule has 0 aliphatic heterocycles. The minimum atomic E-state index is -0.288. The zero-order chi connectivity index (χ0) is 17.8. The molecular formula is C18H15Cl2FN2OS. The summed E-state index contributed by atoms with van der Waals surface area (Å²) in [7, 11) is 1.65. The molecule has 1 heterocycles. The number of hydrogen-bond acceptors (Lipinski definition) is 3.